The number of aromatic nitrogens is 2. The standard InChI is InChI=1S/C25H31N5OS/c1-18-21-23(30-15-13-29(14-16-30)20-11-7-4-8-12-20)26-17-27-25(21)32-22(18)24(31)28-19-9-5-2-3-6-10-19/h4,7-8,11-12,17,19H,2-3,5-6,9-10,13-16H2,1H3,(H,28,31). The fourth-order valence-electron chi connectivity index (χ4n) is 5.00. The van der Waals surface area contributed by atoms with Crippen LogP contribution in [0.15, 0.2) is 36.7 Å². The van der Waals surface area contributed by atoms with Crippen molar-refractivity contribution in [3.63, 3.8) is 0 Å². The Morgan fingerprint density at radius 1 is 0.969 bits per heavy atom. The number of hydrogen-bond donors (Lipinski definition) is 1. The van der Waals surface area contributed by atoms with Crippen molar-refractivity contribution < 1.29 is 4.79 Å². The molecule has 0 bridgehead atoms. The summed E-state index contributed by atoms with van der Waals surface area (Å²) in [5, 5.41) is 4.34. The molecule has 168 valence electrons. The van der Waals surface area contributed by atoms with Gasteiger partial charge in [-0.05, 0) is 37.5 Å². The number of thiophene rings is 1. The monoisotopic (exact) mass is 449 g/mol. The first-order valence-corrected chi connectivity index (χ1v) is 12.6. The van der Waals surface area contributed by atoms with E-state index >= 15 is 0 Å². The first kappa shape index (κ1) is 21.2. The number of hydrogen-bond acceptors (Lipinski definition) is 6. The molecule has 1 aliphatic carbocycles. The minimum atomic E-state index is 0.0530. The summed E-state index contributed by atoms with van der Waals surface area (Å²) >= 11 is 1.50. The molecule has 0 unspecified atom stereocenters. The zero-order valence-corrected chi connectivity index (χ0v) is 19.5. The largest absolute Gasteiger partial charge is 0.368 e. The summed E-state index contributed by atoms with van der Waals surface area (Å²) in [6, 6.07) is 10.9. The lowest BCUT2D eigenvalue weighted by Crippen LogP contribution is -2.46. The third kappa shape index (κ3) is 4.31. The highest BCUT2D eigenvalue weighted by Gasteiger charge is 2.25. The summed E-state index contributed by atoms with van der Waals surface area (Å²) in [6.45, 7) is 5.76. The highest BCUT2D eigenvalue weighted by Crippen LogP contribution is 2.35. The molecule has 5 rings (SSSR count). The van der Waals surface area contributed by atoms with Gasteiger partial charge in [0.25, 0.3) is 5.91 Å². The van der Waals surface area contributed by atoms with Gasteiger partial charge in [-0.15, -0.1) is 11.3 Å². The molecule has 0 atom stereocenters. The Bertz CT molecular complexity index is 1070. The van der Waals surface area contributed by atoms with E-state index in [1.165, 1.54) is 42.7 Å². The highest BCUT2D eigenvalue weighted by atomic mass is 32.1. The van der Waals surface area contributed by atoms with Crippen LogP contribution in [0.5, 0.6) is 0 Å². The lowest BCUT2D eigenvalue weighted by Gasteiger charge is -2.37. The van der Waals surface area contributed by atoms with Crippen LogP contribution in [-0.4, -0.2) is 48.1 Å². The van der Waals surface area contributed by atoms with Gasteiger partial charge in [0.1, 0.15) is 17.0 Å². The van der Waals surface area contributed by atoms with Crippen molar-refractivity contribution in [2.45, 2.75) is 51.5 Å². The van der Waals surface area contributed by atoms with Crippen LogP contribution in [0.2, 0.25) is 0 Å². The summed E-state index contributed by atoms with van der Waals surface area (Å²) < 4.78 is 0. The highest BCUT2D eigenvalue weighted by molar-refractivity contribution is 7.20. The first-order valence-electron chi connectivity index (χ1n) is 11.8. The molecule has 1 aromatic carbocycles. The van der Waals surface area contributed by atoms with Gasteiger partial charge in [0, 0.05) is 37.9 Å². The van der Waals surface area contributed by atoms with Crippen molar-refractivity contribution in [2.75, 3.05) is 36.0 Å². The molecule has 0 spiro atoms. The Morgan fingerprint density at radius 2 is 1.66 bits per heavy atom. The molecule has 32 heavy (non-hydrogen) atoms. The zero-order chi connectivity index (χ0) is 21.9. The molecule has 2 aromatic heterocycles. The normalized spacial score (nSPS) is 18.0. The smallest absolute Gasteiger partial charge is 0.261 e. The van der Waals surface area contributed by atoms with E-state index in [-0.39, 0.29) is 5.91 Å². The Hall–Kier alpha value is -2.67. The molecule has 1 saturated carbocycles. The van der Waals surface area contributed by atoms with Crippen LogP contribution in [0.4, 0.5) is 11.5 Å². The van der Waals surface area contributed by atoms with Crippen LogP contribution in [0.1, 0.15) is 53.8 Å². The molecule has 2 fully saturated rings. The number of rotatable bonds is 4. The number of carbonyl (C=O) groups excluding carboxylic acids is 1. The minimum Gasteiger partial charge on any atom is -0.368 e. The summed E-state index contributed by atoms with van der Waals surface area (Å²) in [4.78, 5) is 28.8. The number of nitrogens with one attached hydrogen (secondary N) is 1. The van der Waals surface area contributed by atoms with Gasteiger partial charge in [-0.25, -0.2) is 9.97 Å². The van der Waals surface area contributed by atoms with Crippen molar-refractivity contribution >= 4 is 39.0 Å². The van der Waals surface area contributed by atoms with E-state index in [4.69, 9.17) is 0 Å². The van der Waals surface area contributed by atoms with E-state index in [1.54, 1.807) is 6.33 Å². The number of fused-ring (bicyclic) bond motifs is 1. The maximum atomic E-state index is 13.1. The maximum Gasteiger partial charge on any atom is 0.261 e. The van der Waals surface area contributed by atoms with E-state index in [1.807, 2.05) is 6.92 Å². The SMILES string of the molecule is Cc1c(C(=O)NC2CCCCCC2)sc2ncnc(N3CCN(c4ccccc4)CC3)c12. The second-order valence-corrected chi connectivity index (χ2v) is 9.90. The second kappa shape index (κ2) is 9.45. The lowest BCUT2D eigenvalue weighted by atomic mass is 10.1. The minimum absolute atomic E-state index is 0.0530. The van der Waals surface area contributed by atoms with Crippen LogP contribution in [0.25, 0.3) is 10.2 Å². The number of nitrogens with zero attached hydrogens (tertiary/aromatic N) is 4. The lowest BCUT2D eigenvalue weighted by molar-refractivity contribution is 0.0937. The number of para-hydroxylation sites is 1. The van der Waals surface area contributed by atoms with Gasteiger partial charge in [0.2, 0.25) is 0 Å². The van der Waals surface area contributed by atoms with Gasteiger partial charge in [-0.1, -0.05) is 43.9 Å². The van der Waals surface area contributed by atoms with Gasteiger partial charge in [-0.3, -0.25) is 4.79 Å². The fraction of sp³-hybridized carbons (Fsp3) is 0.480. The Balaban J connectivity index is 1.35. The van der Waals surface area contributed by atoms with Crippen LogP contribution in [0, 0.1) is 6.92 Å². The number of piperazine rings is 1. The van der Waals surface area contributed by atoms with Crippen molar-refractivity contribution in [1.82, 2.24) is 15.3 Å². The van der Waals surface area contributed by atoms with E-state index in [0.29, 0.717) is 6.04 Å². The average Bonchev–Trinajstić information content (AvgIpc) is 2.99. The molecular weight excluding hydrogens is 418 g/mol. The molecule has 1 amide bonds. The third-order valence-electron chi connectivity index (χ3n) is 6.80. The number of anilines is 2. The number of amides is 1. The van der Waals surface area contributed by atoms with E-state index in [9.17, 15) is 4.79 Å². The van der Waals surface area contributed by atoms with E-state index in [2.05, 4.69) is 55.4 Å². The molecule has 3 heterocycles. The summed E-state index contributed by atoms with van der Waals surface area (Å²) in [6.07, 6.45) is 8.81. The molecule has 0 radical (unpaired) electrons. The predicted octanol–water partition coefficient (Wildman–Crippen LogP) is 4.78. The predicted molar refractivity (Wildman–Crippen MR) is 132 cm³/mol. The Kier molecular flexibility index (Phi) is 6.26. The summed E-state index contributed by atoms with van der Waals surface area (Å²) in [5.74, 6) is 1.02. The Morgan fingerprint density at radius 3 is 2.38 bits per heavy atom. The van der Waals surface area contributed by atoms with Crippen molar-refractivity contribution in [2.24, 2.45) is 0 Å². The van der Waals surface area contributed by atoms with Crippen LogP contribution in [-0.2, 0) is 0 Å². The molecule has 3 aromatic rings. The topological polar surface area (TPSA) is 61.4 Å². The summed E-state index contributed by atoms with van der Waals surface area (Å²) in [7, 11) is 0. The van der Waals surface area contributed by atoms with Gasteiger partial charge in [-0.2, -0.15) is 0 Å². The van der Waals surface area contributed by atoms with Crippen molar-refractivity contribution in [1.29, 1.82) is 0 Å². The maximum absolute atomic E-state index is 13.1. The molecule has 7 heteroatoms. The molecular formula is C25H31N5OS. The number of benzene rings is 1. The molecule has 1 saturated heterocycles. The zero-order valence-electron chi connectivity index (χ0n) is 18.7. The first-order chi connectivity index (χ1) is 15.7. The van der Waals surface area contributed by atoms with Gasteiger partial charge >= 0.3 is 0 Å². The quantitative estimate of drug-likeness (QED) is 0.581. The molecule has 1 aliphatic heterocycles. The number of carbonyl (C=O) groups is 1. The fourth-order valence-corrected chi connectivity index (χ4v) is 6.05. The average molecular weight is 450 g/mol. The van der Waals surface area contributed by atoms with Crippen molar-refractivity contribution in [3.8, 4) is 0 Å². The van der Waals surface area contributed by atoms with Gasteiger partial charge in [0.05, 0.1) is 10.3 Å². The van der Waals surface area contributed by atoms with Gasteiger partial charge in [0.15, 0.2) is 0 Å². The van der Waals surface area contributed by atoms with Crippen molar-refractivity contribution in [3.05, 3.63) is 47.1 Å². The van der Waals surface area contributed by atoms with Crippen LogP contribution in [0.3, 0.4) is 0 Å². The number of aryl methyl sites for hydroxylation is 1. The summed E-state index contributed by atoms with van der Waals surface area (Å²) in [5.41, 5.74) is 2.28. The van der Waals surface area contributed by atoms with E-state index in [0.717, 1.165) is 65.5 Å². The van der Waals surface area contributed by atoms with Gasteiger partial charge < -0.3 is 15.1 Å². The third-order valence-corrected chi connectivity index (χ3v) is 8.00. The van der Waals surface area contributed by atoms with Crippen LogP contribution >= 0.6 is 11.3 Å². The molecule has 1 N–H and O–H groups in total. The van der Waals surface area contributed by atoms with E-state index < -0.39 is 0 Å². The molecule has 2 aliphatic rings. The Labute approximate surface area is 193 Å². The second-order valence-electron chi connectivity index (χ2n) is 8.91. The molecule has 6 nitrogen and oxygen atoms in total. The van der Waals surface area contributed by atoms with Crippen LogP contribution < -0.4 is 15.1 Å².